The van der Waals surface area contributed by atoms with Gasteiger partial charge in [-0.05, 0) is 81.4 Å². The van der Waals surface area contributed by atoms with Crippen molar-refractivity contribution in [1.29, 1.82) is 5.41 Å². The Morgan fingerprint density at radius 2 is 1.69 bits per heavy atom. The van der Waals surface area contributed by atoms with Gasteiger partial charge in [-0.3, -0.25) is 25.1 Å². The van der Waals surface area contributed by atoms with Crippen LogP contribution in [0.15, 0.2) is 55.1 Å². The summed E-state index contributed by atoms with van der Waals surface area (Å²) in [6.07, 6.45) is 1.49. The number of ether oxygens (including phenoxy) is 4. The van der Waals surface area contributed by atoms with Gasteiger partial charge in [0.15, 0.2) is 5.69 Å². The second-order valence-corrected chi connectivity index (χ2v) is 13.1. The molecule has 1 fully saturated rings. The SMILES string of the molecule is C=Cc1cc(C(=O)Nc2ccc(C(=N)NC(=O)OCCN(C)C)cc2)c(-c2ccc(C(=O)NCC3CC3)nc2C(=O)OC(C)OC(=O)C(C)C)cc1OC. The number of nitrogens with zero attached hydrogens (tertiary/aromatic N) is 2. The lowest BCUT2D eigenvalue weighted by Gasteiger charge is -2.19. The molecule has 0 aliphatic heterocycles. The number of pyridine rings is 1. The highest BCUT2D eigenvalue weighted by Crippen LogP contribution is 2.35. The lowest BCUT2D eigenvalue weighted by molar-refractivity contribution is -0.169. The van der Waals surface area contributed by atoms with E-state index < -0.39 is 42.1 Å². The van der Waals surface area contributed by atoms with Gasteiger partial charge in [0.05, 0.1) is 13.0 Å². The first kappa shape index (κ1) is 40.7. The number of carbonyl (C=O) groups is 5. The number of likely N-dealkylation sites (N-methyl/N-ethyl adjacent to an activating group) is 1. The summed E-state index contributed by atoms with van der Waals surface area (Å²) in [5.74, 6) is -2.61. The van der Waals surface area contributed by atoms with Gasteiger partial charge in [-0.15, -0.1) is 0 Å². The highest BCUT2D eigenvalue weighted by atomic mass is 16.7. The molecule has 1 aliphatic carbocycles. The molecule has 1 heterocycles. The van der Waals surface area contributed by atoms with Crippen molar-refractivity contribution in [2.45, 2.75) is 39.9 Å². The highest BCUT2D eigenvalue weighted by molar-refractivity contribution is 6.11. The molecule has 15 nitrogen and oxygen atoms in total. The van der Waals surface area contributed by atoms with Crippen molar-refractivity contribution >= 4 is 47.4 Å². The Labute approximate surface area is 313 Å². The third-order valence-electron chi connectivity index (χ3n) is 8.15. The average Bonchev–Trinajstić information content (AvgIpc) is 3.97. The molecule has 1 atom stereocenters. The van der Waals surface area contributed by atoms with E-state index in [2.05, 4.69) is 27.5 Å². The van der Waals surface area contributed by atoms with Crippen molar-refractivity contribution in [3.8, 4) is 16.9 Å². The minimum absolute atomic E-state index is 0.0548. The average molecular weight is 743 g/mol. The summed E-state index contributed by atoms with van der Waals surface area (Å²) in [5.41, 5.74) is 1.26. The lowest BCUT2D eigenvalue weighted by Crippen LogP contribution is -2.32. The third kappa shape index (κ3) is 11.2. The molecule has 3 aromatic rings. The summed E-state index contributed by atoms with van der Waals surface area (Å²) in [5, 5.41) is 16.3. The Morgan fingerprint density at radius 3 is 2.30 bits per heavy atom. The number of esters is 2. The summed E-state index contributed by atoms with van der Waals surface area (Å²) in [6.45, 7) is 9.64. The van der Waals surface area contributed by atoms with E-state index in [1.807, 2.05) is 19.0 Å². The van der Waals surface area contributed by atoms with Crippen molar-refractivity contribution < 1.29 is 42.9 Å². The molecule has 1 aliphatic rings. The zero-order valence-corrected chi connectivity index (χ0v) is 31.2. The van der Waals surface area contributed by atoms with Crippen molar-refractivity contribution in [1.82, 2.24) is 20.5 Å². The first-order valence-electron chi connectivity index (χ1n) is 17.3. The number of amides is 3. The topological polar surface area (TPSA) is 198 Å². The summed E-state index contributed by atoms with van der Waals surface area (Å²) >= 11 is 0. The maximum absolute atomic E-state index is 14.0. The highest BCUT2D eigenvalue weighted by Gasteiger charge is 2.28. The molecule has 0 radical (unpaired) electrons. The Kier molecular flexibility index (Phi) is 14.0. The molecule has 1 unspecified atom stereocenters. The van der Waals surface area contributed by atoms with Crippen LogP contribution in [0.25, 0.3) is 17.2 Å². The van der Waals surface area contributed by atoms with Crippen molar-refractivity contribution in [2.24, 2.45) is 11.8 Å². The van der Waals surface area contributed by atoms with Gasteiger partial charge in [0.25, 0.3) is 11.8 Å². The van der Waals surface area contributed by atoms with E-state index in [-0.39, 0.29) is 40.5 Å². The molecule has 54 heavy (non-hydrogen) atoms. The standard InChI is InChI=1S/C39H46N6O9/c1-8-25-19-30(35(46)42-27-13-11-26(12-14-27)34(40)44-39(50)52-18-17-45(5)6)29(20-32(25)51-7)28-15-16-31(36(47)41-21-24-9-10-24)43-33(28)38(49)54-23(4)53-37(48)22(2)3/h8,11-16,19-20,22-24H,1,9-10,17-18,21H2,2-7H3,(H,41,47)(H,42,46)(H2,40,44,50). The zero-order chi connectivity index (χ0) is 39.5. The van der Waals surface area contributed by atoms with E-state index in [9.17, 15) is 24.0 Å². The summed E-state index contributed by atoms with van der Waals surface area (Å²) < 4.78 is 21.4. The van der Waals surface area contributed by atoms with Crippen LogP contribution in [0.3, 0.4) is 0 Å². The number of aromatic nitrogens is 1. The molecule has 0 bridgehead atoms. The number of carbonyl (C=O) groups excluding carboxylic acids is 5. The molecule has 4 rings (SSSR count). The maximum Gasteiger partial charge on any atom is 0.412 e. The zero-order valence-electron chi connectivity index (χ0n) is 31.2. The van der Waals surface area contributed by atoms with E-state index in [1.54, 1.807) is 44.2 Å². The first-order valence-corrected chi connectivity index (χ1v) is 17.3. The maximum atomic E-state index is 14.0. The molecule has 3 amide bonds. The van der Waals surface area contributed by atoms with Crippen LogP contribution in [0.1, 0.15) is 76.1 Å². The van der Waals surface area contributed by atoms with Crippen LogP contribution in [0.2, 0.25) is 0 Å². The molecular formula is C39H46N6O9. The Hall–Kier alpha value is -6.09. The number of hydrogen-bond acceptors (Lipinski definition) is 12. The predicted molar refractivity (Wildman–Crippen MR) is 201 cm³/mol. The van der Waals surface area contributed by atoms with Crippen LogP contribution < -0.4 is 20.7 Å². The van der Waals surface area contributed by atoms with E-state index in [4.69, 9.17) is 24.4 Å². The third-order valence-corrected chi connectivity index (χ3v) is 8.15. The number of amidine groups is 1. The molecule has 0 spiro atoms. The van der Waals surface area contributed by atoms with Crippen LogP contribution >= 0.6 is 0 Å². The Bertz CT molecular complexity index is 1900. The van der Waals surface area contributed by atoms with Gasteiger partial charge in [0.1, 0.15) is 23.9 Å². The number of methoxy groups -OCH3 is 1. The van der Waals surface area contributed by atoms with Gasteiger partial charge < -0.3 is 34.5 Å². The predicted octanol–water partition coefficient (Wildman–Crippen LogP) is 5.11. The van der Waals surface area contributed by atoms with Gasteiger partial charge >= 0.3 is 18.0 Å². The largest absolute Gasteiger partial charge is 0.496 e. The van der Waals surface area contributed by atoms with Crippen molar-refractivity contribution in [2.75, 3.05) is 46.2 Å². The molecule has 2 aromatic carbocycles. The number of alkyl carbamates (subject to hydrolysis) is 1. The van der Waals surface area contributed by atoms with Crippen molar-refractivity contribution in [3.05, 3.63) is 83.2 Å². The Morgan fingerprint density at radius 1 is 0.981 bits per heavy atom. The fraction of sp³-hybridized carbons (Fsp3) is 0.359. The minimum atomic E-state index is -1.29. The number of benzene rings is 2. The van der Waals surface area contributed by atoms with Crippen molar-refractivity contribution in [3.63, 3.8) is 0 Å². The second kappa shape index (κ2) is 18.6. The molecule has 1 aromatic heterocycles. The molecule has 1 saturated carbocycles. The van der Waals surface area contributed by atoms with Gasteiger partial charge in [0.2, 0.25) is 6.29 Å². The van der Waals surface area contributed by atoms with Crippen LogP contribution in [0, 0.1) is 17.2 Å². The minimum Gasteiger partial charge on any atom is -0.496 e. The molecule has 0 saturated heterocycles. The number of hydrogen-bond donors (Lipinski definition) is 4. The van der Waals surface area contributed by atoms with Gasteiger partial charge in [-0.2, -0.15) is 0 Å². The van der Waals surface area contributed by atoms with Gasteiger partial charge in [0, 0.05) is 53.5 Å². The smallest absolute Gasteiger partial charge is 0.412 e. The van der Waals surface area contributed by atoms with E-state index in [1.165, 1.54) is 38.3 Å². The number of rotatable bonds is 16. The number of anilines is 1. The second-order valence-electron chi connectivity index (χ2n) is 13.1. The summed E-state index contributed by atoms with van der Waals surface area (Å²) in [7, 11) is 5.12. The van der Waals surface area contributed by atoms with Crippen LogP contribution in [0.5, 0.6) is 5.75 Å². The molecule has 286 valence electrons. The molecule has 15 heteroatoms. The quantitative estimate of drug-likeness (QED) is 0.0659. The summed E-state index contributed by atoms with van der Waals surface area (Å²) in [4.78, 5) is 71.3. The fourth-order valence-corrected chi connectivity index (χ4v) is 4.93. The molecular weight excluding hydrogens is 696 g/mol. The first-order chi connectivity index (χ1) is 25.7. The summed E-state index contributed by atoms with van der Waals surface area (Å²) in [6, 6.07) is 12.2. The van der Waals surface area contributed by atoms with Crippen LogP contribution in [0.4, 0.5) is 10.5 Å². The van der Waals surface area contributed by atoms with E-state index in [0.29, 0.717) is 41.6 Å². The Balaban J connectivity index is 1.67. The lowest BCUT2D eigenvalue weighted by atomic mass is 9.94. The fourth-order valence-electron chi connectivity index (χ4n) is 4.93. The van der Waals surface area contributed by atoms with Gasteiger partial charge in [-0.1, -0.05) is 26.5 Å². The van der Waals surface area contributed by atoms with Crippen LogP contribution in [-0.4, -0.2) is 92.8 Å². The molecule has 4 N–H and O–H groups in total. The van der Waals surface area contributed by atoms with Crippen LogP contribution in [-0.2, 0) is 19.0 Å². The van der Waals surface area contributed by atoms with E-state index >= 15 is 0 Å². The van der Waals surface area contributed by atoms with E-state index in [0.717, 1.165) is 12.8 Å². The normalized spacial score (nSPS) is 12.7. The van der Waals surface area contributed by atoms with Gasteiger partial charge in [-0.25, -0.2) is 14.6 Å². The monoisotopic (exact) mass is 742 g/mol. The number of nitrogens with one attached hydrogen (secondary N) is 4.